The van der Waals surface area contributed by atoms with Gasteiger partial charge in [0, 0.05) is 22.4 Å². The molecule has 0 radical (unpaired) electrons. The highest BCUT2D eigenvalue weighted by Crippen LogP contribution is 2.41. The maximum atomic E-state index is 12.2. The maximum Gasteiger partial charge on any atom is 0.260 e. The van der Waals surface area contributed by atoms with Crippen molar-refractivity contribution in [3.63, 3.8) is 0 Å². The van der Waals surface area contributed by atoms with Crippen molar-refractivity contribution in [3.8, 4) is 6.07 Å². The second kappa shape index (κ2) is 4.22. The summed E-state index contributed by atoms with van der Waals surface area (Å²) in [5, 5.41) is 11.8. The van der Waals surface area contributed by atoms with E-state index in [0.717, 1.165) is 22.4 Å². The number of carbonyl (C=O) groups excluding carboxylic acids is 1. The first-order valence-corrected chi connectivity index (χ1v) is 6.59. The summed E-state index contributed by atoms with van der Waals surface area (Å²) in [7, 11) is 0. The summed E-state index contributed by atoms with van der Waals surface area (Å²) in [5.74, 6) is 0.445. The van der Waals surface area contributed by atoms with E-state index in [9.17, 15) is 4.79 Å². The minimum atomic E-state index is -0.150. The molecule has 1 N–H and O–H groups in total. The van der Waals surface area contributed by atoms with Gasteiger partial charge in [-0.15, -0.1) is 0 Å². The van der Waals surface area contributed by atoms with Crippen LogP contribution in [-0.2, 0) is 16.1 Å². The van der Waals surface area contributed by atoms with E-state index in [1.165, 1.54) is 0 Å². The van der Waals surface area contributed by atoms with Crippen molar-refractivity contribution in [1.82, 2.24) is 0 Å². The zero-order valence-electron chi connectivity index (χ0n) is 11.0. The van der Waals surface area contributed by atoms with Crippen molar-refractivity contribution in [3.05, 3.63) is 64.7 Å². The average Bonchev–Trinajstić information content (AvgIpc) is 3.06. The molecule has 0 fully saturated rings. The second-order valence-corrected chi connectivity index (χ2v) is 4.98. The molecule has 4 heteroatoms. The van der Waals surface area contributed by atoms with E-state index in [1.807, 2.05) is 36.4 Å². The fraction of sp³-hybridized carbons (Fsp3) is 0.0588. The first-order chi connectivity index (χ1) is 10.3. The van der Waals surface area contributed by atoms with Gasteiger partial charge < -0.3 is 10.1 Å². The third-order valence-corrected chi connectivity index (χ3v) is 3.75. The number of nitrogens with one attached hydrogen (secondary N) is 1. The quantitative estimate of drug-likeness (QED) is 0.751. The topological polar surface area (TPSA) is 62.1 Å². The van der Waals surface area contributed by atoms with Crippen LogP contribution in [0.25, 0.3) is 11.3 Å². The van der Waals surface area contributed by atoms with Gasteiger partial charge in [0.05, 0.1) is 17.2 Å². The summed E-state index contributed by atoms with van der Waals surface area (Å²) >= 11 is 0. The van der Waals surface area contributed by atoms with Crippen LogP contribution < -0.4 is 5.32 Å². The largest absolute Gasteiger partial charge is 0.487 e. The fourth-order valence-electron chi connectivity index (χ4n) is 2.78. The molecule has 4 nitrogen and oxygen atoms in total. The van der Waals surface area contributed by atoms with Gasteiger partial charge >= 0.3 is 0 Å². The molecular formula is C17H10N2O2. The fourth-order valence-corrected chi connectivity index (χ4v) is 2.78. The van der Waals surface area contributed by atoms with E-state index in [-0.39, 0.29) is 5.91 Å². The highest BCUT2D eigenvalue weighted by molar-refractivity contribution is 6.36. The predicted octanol–water partition coefficient (Wildman–Crippen LogP) is 2.91. The SMILES string of the molecule is N#Cc1ccc2c(c1)CO/C2=C1/C(=O)Nc2ccccc21. The third kappa shape index (κ3) is 1.65. The summed E-state index contributed by atoms with van der Waals surface area (Å²) in [6.07, 6.45) is 0. The number of nitrogens with zero attached hydrogens (tertiary/aromatic N) is 1. The number of para-hydroxylation sites is 1. The Bertz CT molecular complexity index is 859. The molecule has 100 valence electrons. The molecular weight excluding hydrogens is 264 g/mol. The minimum absolute atomic E-state index is 0.150. The van der Waals surface area contributed by atoms with Gasteiger partial charge in [-0.05, 0) is 24.3 Å². The number of ether oxygens (including phenoxy) is 1. The molecule has 0 aromatic heterocycles. The Kier molecular flexibility index (Phi) is 2.36. The summed E-state index contributed by atoms with van der Waals surface area (Å²) < 4.78 is 5.74. The molecule has 2 aliphatic heterocycles. The number of anilines is 1. The van der Waals surface area contributed by atoms with E-state index in [4.69, 9.17) is 10.00 Å². The van der Waals surface area contributed by atoms with Gasteiger partial charge in [-0.1, -0.05) is 18.2 Å². The van der Waals surface area contributed by atoms with Crippen molar-refractivity contribution in [1.29, 1.82) is 5.26 Å². The van der Waals surface area contributed by atoms with Gasteiger partial charge in [-0.3, -0.25) is 4.79 Å². The summed E-state index contributed by atoms with van der Waals surface area (Å²) in [5.41, 5.74) is 4.64. The number of nitriles is 1. The van der Waals surface area contributed by atoms with Crippen LogP contribution in [-0.4, -0.2) is 5.91 Å². The smallest absolute Gasteiger partial charge is 0.260 e. The molecule has 2 aromatic carbocycles. The Balaban J connectivity index is 1.94. The van der Waals surface area contributed by atoms with Crippen LogP contribution in [0.4, 0.5) is 5.69 Å². The molecule has 0 saturated carbocycles. The number of hydrogen-bond acceptors (Lipinski definition) is 3. The number of benzene rings is 2. The lowest BCUT2D eigenvalue weighted by Gasteiger charge is -2.04. The molecule has 1 amide bonds. The van der Waals surface area contributed by atoms with E-state index >= 15 is 0 Å². The van der Waals surface area contributed by atoms with Gasteiger partial charge in [0.1, 0.15) is 12.4 Å². The number of carbonyl (C=O) groups is 1. The number of hydrogen-bond donors (Lipinski definition) is 1. The van der Waals surface area contributed by atoms with Crippen LogP contribution in [0.5, 0.6) is 0 Å². The van der Waals surface area contributed by atoms with Crippen molar-refractivity contribution in [2.24, 2.45) is 0 Å². The molecule has 0 unspecified atom stereocenters. The molecule has 0 spiro atoms. The van der Waals surface area contributed by atoms with Gasteiger partial charge in [-0.2, -0.15) is 5.26 Å². The van der Waals surface area contributed by atoms with Crippen molar-refractivity contribution in [2.75, 3.05) is 5.32 Å². The van der Waals surface area contributed by atoms with E-state index < -0.39 is 0 Å². The van der Waals surface area contributed by atoms with Crippen molar-refractivity contribution >= 4 is 22.9 Å². The van der Waals surface area contributed by atoms with E-state index in [1.54, 1.807) is 6.07 Å². The lowest BCUT2D eigenvalue weighted by molar-refractivity contribution is -0.110. The maximum absolute atomic E-state index is 12.2. The summed E-state index contributed by atoms with van der Waals surface area (Å²) in [4.78, 5) is 12.2. The average molecular weight is 274 g/mol. The molecule has 0 bridgehead atoms. The van der Waals surface area contributed by atoms with Crippen LogP contribution in [0.2, 0.25) is 0 Å². The standard InChI is InChI=1S/C17H10N2O2/c18-8-10-5-6-12-11(7-10)9-21-16(12)15-13-3-1-2-4-14(13)19-17(15)20/h1-7H,9H2,(H,19,20)/b16-15+. The van der Waals surface area contributed by atoms with Crippen molar-refractivity contribution < 1.29 is 9.53 Å². The summed E-state index contributed by atoms with van der Waals surface area (Å²) in [6, 6.07) is 15.1. The van der Waals surface area contributed by atoms with Crippen LogP contribution in [0.3, 0.4) is 0 Å². The zero-order chi connectivity index (χ0) is 14.4. The number of rotatable bonds is 0. The number of amides is 1. The highest BCUT2D eigenvalue weighted by atomic mass is 16.5. The Labute approximate surface area is 121 Å². The first kappa shape index (κ1) is 11.7. The monoisotopic (exact) mass is 274 g/mol. The van der Waals surface area contributed by atoms with Crippen LogP contribution in [0.15, 0.2) is 42.5 Å². The van der Waals surface area contributed by atoms with Crippen molar-refractivity contribution in [2.45, 2.75) is 6.61 Å². The lowest BCUT2D eigenvalue weighted by Crippen LogP contribution is -2.05. The minimum Gasteiger partial charge on any atom is -0.487 e. The molecule has 2 heterocycles. The Morgan fingerprint density at radius 2 is 2.00 bits per heavy atom. The predicted molar refractivity (Wildman–Crippen MR) is 77.8 cm³/mol. The van der Waals surface area contributed by atoms with Gasteiger partial charge in [0.15, 0.2) is 0 Å². The van der Waals surface area contributed by atoms with Gasteiger partial charge in [0.25, 0.3) is 5.91 Å². The van der Waals surface area contributed by atoms with E-state index in [2.05, 4.69) is 11.4 Å². The van der Waals surface area contributed by atoms with Gasteiger partial charge in [0.2, 0.25) is 0 Å². The summed E-state index contributed by atoms with van der Waals surface area (Å²) in [6.45, 7) is 0.388. The molecule has 4 rings (SSSR count). The molecule has 0 atom stereocenters. The van der Waals surface area contributed by atoms with Crippen LogP contribution in [0.1, 0.15) is 22.3 Å². The Morgan fingerprint density at radius 1 is 1.14 bits per heavy atom. The van der Waals surface area contributed by atoms with E-state index in [0.29, 0.717) is 23.5 Å². The first-order valence-electron chi connectivity index (χ1n) is 6.59. The second-order valence-electron chi connectivity index (χ2n) is 4.98. The molecule has 0 saturated heterocycles. The Morgan fingerprint density at radius 3 is 2.86 bits per heavy atom. The van der Waals surface area contributed by atoms with Crippen LogP contribution in [0, 0.1) is 11.3 Å². The lowest BCUT2D eigenvalue weighted by atomic mass is 9.99. The zero-order valence-corrected chi connectivity index (χ0v) is 11.0. The molecule has 2 aliphatic rings. The molecule has 2 aromatic rings. The molecule has 21 heavy (non-hydrogen) atoms. The molecule has 0 aliphatic carbocycles. The normalized spacial score (nSPS) is 18.5. The number of fused-ring (bicyclic) bond motifs is 2. The van der Waals surface area contributed by atoms with Crippen LogP contribution >= 0.6 is 0 Å². The van der Waals surface area contributed by atoms with Gasteiger partial charge in [-0.25, -0.2) is 0 Å². The Hall–Kier alpha value is -3.06. The third-order valence-electron chi connectivity index (χ3n) is 3.75. The highest BCUT2D eigenvalue weighted by Gasteiger charge is 2.32.